The van der Waals surface area contributed by atoms with E-state index in [1.165, 1.54) is 47.6 Å². The fraction of sp³-hybridized carbons (Fsp3) is 0.160. The molecule has 1 heterocycles. The monoisotopic (exact) mass is 465 g/mol. The van der Waals surface area contributed by atoms with Gasteiger partial charge in [-0.15, -0.1) is 11.3 Å². The molecule has 0 saturated carbocycles. The van der Waals surface area contributed by atoms with E-state index in [2.05, 4.69) is 6.58 Å². The van der Waals surface area contributed by atoms with Gasteiger partial charge in [0, 0.05) is 47.3 Å². The number of benzene rings is 2. The summed E-state index contributed by atoms with van der Waals surface area (Å²) in [6.45, 7) is 3.76. The predicted molar refractivity (Wildman–Crippen MR) is 127 cm³/mol. The average Bonchev–Trinajstić information content (AvgIpc) is 3.35. The summed E-state index contributed by atoms with van der Waals surface area (Å²) in [5, 5.41) is 11.0. The minimum atomic E-state index is -1.08. The molecule has 0 saturated heterocycles. The molecule has 1 N–H and O–H groups in total. The van der Waals surface area contributed by atoms with Crippen LogP contribution in [0.3, 0.4) is 0 Å². The summed E-state index contributed by atoms with van der Waals surface area (Å²) in [7, 11) is 4.78. The first-order chi connectivity index (χ1) is 15.7. The highest BCUT2D eigenvalue weighted by Gasteiger charge is 2.21. The van der Waals surface area contributed by atoms with Crippen molar-refractivity contribution >= 4 is 34.6 Å². The number of carbonyl (C=O) groups is 3. The van der Waals surface area contributed by atoms with Crippen molar-refractivity contribution in [2.45, 2.75) is 0 Å². The van der Waals surface area contributed by atoms with Crippen LogP contribution < -0.4 is 9.47 Å². The van der Waals surface area contributed by atoms with E-state index in [0.717, 1.165) is 10.4 Å². The SMILES string of the molecule is C=C(C(=O)c1ccc(C(=O)O)cc1)c1cc(-c2cccs2)c(OC)cc1OCC(=O)N(C)C. The molecule has 3 aromatic rings. The third-order valence-corrected chi connectivity index (χ3v) is 5.83. The van der Waals surface area contributed by atoms with E-state index < -0.39 is 11.8 Å². The van der Waals surface area contributed by atoms with Crippen LogP contribution in [0.15, 0.2) is 60.5 Å². The number of allylic oxidation sites excluding steroid dienone is 1. The second-order valence-corrected chi connectivity index (χ2v) is 8.24. The highest BCUT2D eigenvalue weighted by Crippen LogP contribution is 2.41. The molecule has 170 valence electrons. The number of hydrogen-bond acceptors (Lipinski definition) is 6. The Morgan fingerprint density at radius 2 is 1.70 bits per heavy atom. The van der Waals surface area contributed by atoms with Gasteiger partial charge in [-0.1, -0.05) is 24.8 Å². The number of aromatic carboxylic acids is 1. The largest absolute Gasteiger partial charge is 0.496 e. The second kappa shape index (κ2) is 10.1. The zero-order chi connectivity index (χ0) is 24.1. The molecule has 3 rings (SSSR count). The van der Waals surface area contributed by atoms with Crippen LogP contribution in [0.25, 0.3) is 16.0 Å². The summed E-state index contributed by atoms with van der Waals surface area (Å²) in [5.74, 6) is -0.909. The van der Waals surface area contributed by atoms with Crippen molar-refractivity contribution in [3.05, 3.63) is 77.2 Å². The van der Waals surface area contributed by atoms with Crippen molar-refractivity contribution in [3.8, 4) is 21.9 Å². The van der Waals surface area contributed by atoms with Crippen molar-refractivity contribution in [2.75, 3.05) is 27.8 Å². The van der Waals surface area contributed by atoms with Gasteiger partial charge in [-0.3, -0.25) is 9.59 Å². The summed E-state index contributed by atoms with van der Waals surface area (Å²) in [6.07, 6.45) is 0. The van der Waals surface area contributed by atoms with Crippen LogP contribution in [-0.4, -0.2) is 55.5 Å². The summed E-state index contributed by atoms with van der Waals surface area (Å²) in [6, 6.07) is 12.8. The highest BCUT2D eigenvalue weighted by atomic mass is 32.1. The summed E-state index contributed by atoms with van der Waals surface area (Å²) in [5.41, 5.74) is 1.68. The van der Waals surface area contributed by atoms with Crippen molar-refractivity contribution in [3.63, 3.8) is 0 Å². The lowest BCUT2D eigenvalue weighted by Gasteiger charge is -2.18. The smallest absolute Gasteiger partial charge is 0.335 e. The fourth-order valence-corrected chi connectivity index (χ4v) is 3.79. The number of rotatable bonds is 9. The van der Waals surface area contributed by atoms with Gasteiger partial charge in [0.05, 0.1) is 12.7 Å². The van der Waals surface area contributed by atoms with Crippen molar-refractivity contribution in [1.82, 2.24) is 4.90 Å². The molecule has 0 unspecified atom stereocenters. The van der Waals surface area contributed by atoms with Crippen molar-refractivity contribution in [1.29, 1.82) is 0 Å². The van der Waals surface area contributed by atoms with Gasteiger partial charge >= 0.3 is 5.97 Å². The Bertz CT molecular complexity index is 1200. The molecule has 0 atom stereocenters. The van der Waals surface area contributed by atoms with E-state index in [1.54, 1.807) is 26.2 Å². The molecular formula is C25H23NO6S. The standard InChI is InChI=1S/C25H23NO6S/c1-15(24(28)16-7-9-17(10-8-16)25(29)30)18-12-19(22-6-5-11-33-22)20(31-4)13-21(18)32-14-23(27)26(2)3/h5-13H,1,14H2,2-4H3,(H,29,30). The van der Waals surface area contributed by atoms with Crippen LogP contribution in [-0.2, 0) is 4.79 Å². The number of ketones is 1. The molecule has 7 nitrogen and oxygen atoms in total. The number of hydrogen-bond donors (Lipinski definition) is 1. The maximum atomic E-state index is 13.2. The first kappa shape index (κ1) is 23.7. The van der Waals surface area contributed by atoms with Gasteiger partial charge < -0.3 is 19.5 Å². The van der Waals surface area contributed by atoms with Crippen LogP contribution in [0.5, 0.6) is 11.5 Å². The number of thiophene rings is 1. The molecular weight excluding hydrogens is 442 g/mol. The van der Waals surface area contributed by atoms with Crippen LogP contribution in [0.2, 0.25) is 0 Å². The van der Waals surface area contributed by atoms with Gasteiger partial charge in [0.1, 0.15) is 11.5 Å². The van der Waals surface area contributed by atoms with Gasteiger partial charge in [-0.05, 0) is 29.6 Å². The number of nitrogens with zero attached hydrogens (tertiary/aromatic N) is 1. The van der Waals surface area contributed by atoms with E-state index in [-0.39, 0.29) is 35.0 Å². The van der Waals surface area contributed by atoms with Gasteiger partial charge in [0.15, 0.2) is 12.4 Å². The van der Waals surface area contributed by atoms with Gasteiger partial charge in [0.25, 0.3) is 5.91 Å². The minimum Gasteiger partial charge on any atom is -0.496 e. The fourth-order valence-electron chi connectivity index (χ4n) is 3.04. The Morgan fingerprint density at radius 1 is 1.03 bits per heavy atom. The maximum Gasteiger partial charge on any atom is 0.335 e. The van der Waals surface area contributed by atoms with Gasteiger partial charge in [0.2, 0.25) is 0 Å². The molecule has 0 aliphatic rings. The number of likely N-dealkylation sites (N-methyl/N-ethyl adjacent to an activating group) is 1. The Morgan fingerprint density at radius 3 is 2.24 bits per heavy atom. The molecule has 0 radical (unpaired) electrons. The van der Waals surface area contributed by atoms with E-state index in [0.29, 0.717) is 11.3 Å². The maximum absolute atomic E-state index is 13.2. The lowest BCUT2D eigenvalue weighted by atomic mass is 9.94. The zero-order valence-corrected chi connectivity index (χ0v) is 19.3. The van der Waals surface area contributed by atoms with Crippen molar-refractivity contribution < 1.29 is 29.0 Å². The first-order valence-corrected chi connectivity index (χ1v) is 10.8. The number of carboxylic acids is 1. The molecule has 1 amide bonds. The highest BCUT2D eigenvalue weighted by molar-refractivity contribution is 7.13. The Balaban J connectivity index is 2.04. The molecule has 0 aliphatic carbocycles. The Hall–Kier alpha value is -3.91. The minimum absolute atomic E-state index is 0.0767. The Kier molecular flexibility index (Phi) is 7.30. The quantitative estimate of drug-likeness (QED) is 0.370. The second-order valence-electron chi connectivity index (χ2n) is 7.29. The summed E-state index contributed by atoms with van der Waals surface area (Å²) in [4.78, 5) is 38.7. The summed E-state index contributed by atoms with van der Waals surface area (Å²) < 4.78 is 11.3. The van der Waals surface area contributed by atoms with E-state index in [4.69, 9.17) is 14.6 Å². The average molecular weight is 466 g/mol. The van der Waals surface area contributed by atoms with Crippen LogP contribution in [0.4, 0.5) is 0 Å². The van der Waals surface area contributed by atoms with E-state index in [9.17, 15) is 14.4 Å². The third kappa shape index (κ3) is 5.30. The topological polar surface area (TPSA) is 93.1 Å². The zero-order valence-electron chi connectivity index (χ0n) is 18.5. The number of Topliss-reactive ketones (excluding diaryl/α,β-unsaturated/α-hetero) is 1. The van der Waals surface area contributed by atoms with Gasteiger partial charge in [-0.25, -0.2) is 4.79 Å². The Labute approximate surface area is 195 Å². The molecule has 0 fully saturated rings. The van der Waals surface area contributed by atoms with Gasteiger partial charge in [-0.2, -0.15) is 0 Å². The molecule has 2 aromatic carbocycles. The third-order valence-electron chi connectivity index (χ3n) is 4.93. The van der Waals surface area contributed by atoms with Crippen LogP contribution in [0, 0.1) is 0 Å². The number of carbonyl (C=O) groups excluding carboxylic acids is 2. The number of carboxylic acid groups (broad SMARTS) is 1. The first-order valence-electron chi connectivity index (χ1n) is 9.89. The lowest BCUT2D eigenvalue weighted by molar-refractivity contribution is -0.130. The predicted octanol–water partition coefficient (Wildman–Crippen LogP) is 4.49. The molecule has 8 heteroatoms. The number of methoxy groups -OCH3 is 1. The van der Waals surface area contributed by atoms with Crippen LogP contribution >= 0.6 is 11.3 Å². The molecule has 33 heavy (non-hydrogen) atoms. The lowest BCUT2D eigenvalue weighted by Crippen LogP contribution is -2.27. The molecule has 0 spiro atoms. The van der Waals surface area contributed by atoms with E-state index in [1.807, 2.05) is 17.5 Å². The van der Waals surface area contributed by atoms with E-state index >= 15 is 0 Å². The number of amides is 1. The molecule has 0 bridgehead atoms. The molecule has 1 aromatic heterocycles. The van der Waals surface area contributed by atoms with Crippen LogP contribution in [0.1, 0.15) is 26.3 Å². The van der Waals surface area contributed by atoms with Crippen molar-refractivity contribution in [2.24, 2.45) is 0 Å². The summed E-state index contributed by atoms with van der Waals surface area (Å²) >= 11 is 1.51. The number of ether oxygens (including phenoxy) is 2. The normalized spacial score (nSPS) is 10.4. The molecule has 0 aliphatic heterocycles.